The first-order valence-electron chi connectivity index (χ1n) is 4.18. The Hall–Kier alpha value is -1.63. The summed E-state index contributed by atoms with van der Waals surface area (Å²) >= 11 is 0. The van der Waals surface area contributed by atoms with E-state index in [9.17, 15) is 8.78 Å². The Labute approximate surface area is 80.7 Å². The first-order valence-corrected chi connectivity index (χ1v) is 4.18. The monoisotopic (exact) mass is 197 g/mol. The molecule has 14 heavy (non-hydrogen) atoms. The van der Waals surface area contributed by atoms with Crippen LogP contribution < -0.4 is 4.74 Å². The van der Waals surface area contributed by atoms with Gasteiger partial charge in [-0.2, -0.15) is 5.26 Å². The second-order valence-corrected chi connectivity index (χ2v) is 2.72. The van der Waals surface area contributed by atoms with Crippen molar-refractivity contribution >= 4 is 0 Å². The van der Waals surface area contributed by atoms with Crippen LogP contribution in [-0.2, 0) is 0 Å². The summed E-state index contributed by atoms with van der Waals surface area (Å²) in [4.78, 5) is 0. The molecular weight excluding hydrogens is 188 g/mol. The minimum Gasteiger partial charge on any atom is -0.472 e. The van der Waals surface area contributed by atoms with Gasteiger partial charge < -0.3 is 4.74 Å². The van der Waals surface area contributed by atoms with Crippen LogP contribution >= 0.6 is 0 Å². The summed E-state index contributed by atoms with van der Waals surface area (Å²) in [6.07, 6.45) is -0.321. The van der Waals surface area contributed by atoms with Gasteiger partial charge in [0.15, 0.2) is 17.7 Å². The van der Waals surface area contributed by atoms with Crippen LogP contribution in [0.25, 0.3) is 0 Å². The molecule has 1 atom stereocenters. The highest BCUT2D eigenvalue weighted by Crippen LogP contribution is 2.19. The van der Waals surface area contributed by atoms with E-state index in [-0.39, 0.29) is 5.75 Å². The maximum Gasteiger partial charge on any atom is 0.184 e. The van der Waals surface area contributed by atoms with Crippen molar-refractivity contribution in [3.8, 4) is 11.8 Å². The molecule has 0 radical (unpaired) electrons. The number of nitrogens with zero attached hydrogens (tertiary/aromatic N) is 1. The lowest BCUT2D eigenvalue weighted by Crippen LogP contribution is -2.13. The van der Waals surface area contributed by atoms with Gasteiger partial charge in [0.2, 0.25) is 0 Å². The Morgan fingerprint density at radius 1 is 1.50 bits per heavy atom. The first kappa shape index (κ1) is 10.5. The van der Waals surface area contributed by atoms with E-state index in [1.165, 1.54) is 0 Å². The van der Waals surface area contributed by atoms with Crippen molar-refractivity contribution in [3.05, 3.63) is 29.8 Å². The summed E-state index contributed by atoms with van der Waals surface area (Å²) in [5, 5.41) is 8.56. The van der Waals surface area contributed by atoms with Crippen LogP contribution in [0.5, 0.6) is 5.75 Å². The minimum absolute atomic E-state index is 0.224. The Morgan fingerprint density at radius 2 is 2.21 bits per heavy atom. The average Bonchev–Trinajstić information content (AvgIpc) is 2.19. The lowest BCUT2D eigenvalue weighted by atomic mass is 10.3. The van der Waals surface area contributed by atoms with Crippen LogP contribution in [0.4, 0.5) is 8.78 Å². The third kappa shape index (κ3) is 2.43. The molecule has 0 N–H and O–H groups in total. The standard InChI is InChI=1S/C10H9F2NO/c1-2-8(6-13)14-10-5-7(11)3-4-9(10)12/h3-5,8H,2H2,1H3. The molecular formula is C10H9F2NO. The quantitative estimate of drug-likeness (QED) is 0.746. The van der Waals surface area contributed by atoms with Crippen LogP contribution in [0.2, 0.25) is 0 Å². The van der Waals surface area contributed by atoms with Gasteiger partial charge in [0.1, 0.15) is 11.9 Å². The molecule has 0 aliphatic heterocycles. The van der Waals surface area contributed by atoms with Crippen molar-refractivity contribution in [1.29, 1.82) is 5.26 Å². The van der Waals surface area contributed by atoms with Gasteiger partial charge in [-0.05, 0) is 18.6 Å². The van der Waals surface area contributed by atoms with Gasteiger partial charge in [-0.1, -0.05) is 6.92 Å². The van der Waals surface area contributed by atoms with Crippen molar-refractivity contribution in [3.63, 3.8) is 0 Å². The van der Waals surface area contributed by atoms with E-state index in [1.807, 2.05) is 6.07 Å². The lowest BCUT2D eigenvalue weighted by Gasteiger charge is -2.10. The normalized spacial score (nSPS) is 11.9. The van der Waals surface area contributed by atoms with Gasteiger partial charge in [-0.3, -0.25) is 0 Å². The van der Waals surface area contributed by atoms with Crippen LogP contribution in [0.3, 0.4) is 0 Å². The molecule has 0 aliphatic rings. The van der Waals surface area contributed by atoms with Crippen LogP contribution in [0, 0.1) is 23.0 Å². The van der Waals surface area contributed by atoms with E-state index in [2.05, 4.69) is 0 Å². The Bertz CT molecular complexity index is 360. The summed E-state index contributed by atoms with van der Waals surface area (Å²) in [7, 11) is 0. The summed E-state index contributed by atoms with van der Waals surface area (Å²) < 4.78 is 30.6. The lowest BCUT2D eigenvalue weighted by molar-refractivity contribution is 0.239. The fraction of sp³-hybridized carbons (Fsp3) is 0.300. The molecule has 4 heteroatoms. The second kappa shape index (κ2) is 4.56. The van der Waals surface area contributed by atoms with Gasteiger partial charge in [0, 0.05) is 6.07 Å². The molecule has 1 unspecified atom stereocenters. The van der Waals surface area contributed by atoms with Crippen molar-refractivity contribution in [2.45, 2.75) is 19.4 Å². The highest BCUT2D eigenvalue weighted by molar-refractivity contribution is 5.25. The Balaban J connectivity index is 2.86. The molecule has 0 spiro atoms. The van der Waals surface area contributed by atoms with E-state index in [4.69, 9.17) is 10.00 Å². The summed E-state index contributed by atoms with van der Waals surface area (Å²) in [6.45, 7) is 1.73. The number of hydrogen-bond acceptors (Lipinski definition) is 2. The van der Waals surface area contributed by atoms with Gasteiger partial charge in [-0.25, -0.2) is 8.78 Å². The summed E-state index contributed by atoms with van der Waals surface area (Å²) in [6, 6.07) is 4.72. The highest BCUT2D eigenvalue weighted by Gasteiger charge is 2.10. The number of halogens is 2. The third-order valence-electron chi connectivity index (χ3n) is 1.68. The SMILES string of the molecule is CCC(C#N)Oc1cc(F)ccc1F. The van der Waals surface area contributed by atoms with Crippen LogP contribution in [0.1, 0.15) is 13.3 Å². The zero-order valence-electron chi connectivity index (χ0n) is 7.63. The maximum absolute atomic E-state index is 13.0. The number of ether oxygens (including phenoxy) is 1. The summed E-state index contributed by atoms with van der Waals surface area (Å²) in [5.41, 5.74) is 0. The fourth-order valence-corrected chi connectivity index (χ4v) is 0.922. The van der Waals surface area contributed by atoms with Crippen molar-refractivity contribution in [1.82, 2.24) is 0 Å². The van der Waals surface area contributed by atoms with Crippen molar-refractivity contribution < 1.29 is 13.5 Å². The molecule has 0 aromatic heterocycles. The molecule has 0 heterocycles. The number of rotatable bonds is 3. The zero-order chi connectivity index (χ0) is 10.6. The van der Waals surface area contributed by atoms with Gasteiger partial charge in [0.25, 0.3) is 0 Å². The summed E-state index contributed by atoms with van der Waals surface area (Å²) in [5.74, 6) is -1.48. The van der Waals surface area contributed by atoms with Crippen LogP contribution in [0.15, 0.2) is 18.2 Å². The molecule has 2 nitrogen and oxygen atoms in total. The Morgan fingerprint density at radius 3 is 2.79 bits per heavy atom. The molecule has 74 valence electrons. The topological polar surface area (TPSA) is 33.0 Å². The van der Waals surface area contributed by atoms with Crippen molar-refractivity contribution in [2.24, 2.45) is 0 Å². The maximum atomic E-state index is 13.0. The van der Waals surface area contributed by atoms with Gasteiger partial charge in [0.05, 0.1) is 0 Å². The molecule has 0 saturated carbocycles. The molecule has 0 saturated heterocycles. The van der Waals surface area contributed by atoms with E-state index >= 15 is 0 Å². The molecule has 0 aliphatic carbocycles. The molecule has 1 aromatic rings. The fourth-order valence-electron chi connectivity index (χ4n) is 0.922. The predicted molar refractivity (Wildman–Crippen MR) is 46.7 cm³/mol. The van der Waals surface area contributed by atoms with Gasteiger partial charge >= 0.3 is 0 Å². The van der Waals surface area contributed by atoms with Gasteiger partial charge in [-0.15, -0.1) is 0 Å². The molecule has 1 rings (SSSR count). The van der Waals surface area contributed by atoms with E-state index in [0.29, 0.717) is 6.42 Å². The van der Waals surface area contributed by atoms with Crippen LogP contribution in [-0.4, -0.2) is 6.10 Å². The van der Waals surface area contributed by atoms with E-state index < -0.39 is 17.7 Å². The van der Waals surface area contributed by atoms with E-state index in [1.54, 1.807) is 6.92 Å². The smallest absolute Gasteiger partial charge is 0.184 e. The number of nitriles is 1. The zero-order valence-corrected chi connectivity index (χ0v) is 7.63. The Kier molecular flexibility index (Phi) is 3.41. The first-order chi connectivity index (χ1) is 6.67. The molecule has 0 fully saturated rings. The second-order valence-electron chi connectivity index (χ2n) is 2.72. The third-order valence-corrected chi connectivity index (χ3v) is 1.68. The molecule has 0 bridgehead atoms. The van der Waals surface area contributed by atoms with Crippen molar-refractivity contribution in [2.75, 3.05) is 0 Å². The highest BCUT2D eigenvalue weighted by atomic mass is 19.1. The molecule has 0 amide bonds. The largest absolute Gasteiger partial charge is 0.472 e. The predicted octanol–water partition coefficient (Wildman–Crippen LogP) is 2.65. The number of hydrogen-bond donors (Lipinski definition) is 0. The van der Waals surface area contributed by atoms with E-state index in [0.717, 1.165) is 18.2 Å². The number of benzene rings is 1. The average molecular weight is 197 g/mol. The minimum atomic E-state index is -0.744. The molecule has 1 aromatic carbocycles.